The molecule has 0 fully saturated rings. The van der Waals surface area contributed by atoms with Gasteiger partial charge in [0.15, 0.2) is 0 Å². The van der Waals surface area contributed by atoms with Crippen LogP contribution in [0, 0.1) is 0 Å². The Labute approximate surface area is 57.8 Å². The molecular weight excluding hydrogens is 135 g/mol. The first-order valence-corrected chi connectivity index (χ1v) is 2.71. The zero-order valence-electron chi connectivity index (χ0n) is 5.52. The number of hydrogen-bond donors (Lipinski definition) is 1. The van der Waals surface area contributed by atoms with Crippen molar-refractivity contribution >= 4 is 5.91 Å². The van der Waals surface area contributed by atoms with E-state index in [1.54, 1.807) is 7.05 Å². The molecule has 0 saturated carbocycles. The molecule has 0 saturated heterocycles. The van der Waals surface area contributed by atoms with Gasteiger partial charge in [-0.05, 0) is 0 Å². The molecule has 0 atom stereocenters. The number of carbonyl (C=O) groups excluding carboxylic acids is 1. The van der Waals surface area contributed by atoms with Crippen LogP contribution in [-0.2, 0) is 4.79 Å². The van der Waals surface area contributed by atoms with Gasteiger partial charge in [0.05, 0.1) is 0 Å². The van der Waals surface area contributed by atoms with E-state index in [4.69, 9.17) is 0 Å². The summed E-state index contributed by atoms with van der Waals surface area (Å²) in [5.74, 6) is -1.15. The molecule has 0 aromatic heterocycles. The van der Waals surface area contributed by atoms with E-state index >= 15 is 0 Å². The predicted octanol–water partition coefficient (Wildman–Crippen LogP) is 0.330. The lowest BCUT2D eigenvalue weighted by atomic mass is 10.4. The van der Waals surface area contributed by atoms with E-state index in [0.717, 1.165) is 6.20 Å². The highest BCUT2D eigenvalue weighted by Crippen LogP contribution is 2.08. The molecule has 0 aromatic carbocycles. The monoisotopic (exact) mass is 142 g/mol. The van der Waals surface area contributed by atoms with Gasteiger partial charge >= 0.3 is 0 Å². The van der Waals surface area contributed by atoms with E-state index in [0.29, 0.717) is 5.82 Å². The van der Waals surface area contributed by atoms with E-state index in [2.05, 4.69) is 11.9 Å². The van der Waals surface area contributed by atoms with Crippen molar-refractivity contribution in [2.75, 3.05) is 7.05 Å². The van der Waals surface area contributed by atoms with Crippen LogP contribution in [0.25, 0.3) is 0 Å². The molecule has 3 nitrogen and oxygen atoms in total. The van der Waals surface area contributed by atoms with Gasteiger partial charge in [-0.3, -0.25) is 4.79 Å². The summed E-state index contributed by atoms with van der Waals surface area (Å²) in [6.07, 6.45) is 1.08. The molecule has 0 bridgehead atoms. The molecule has 0 aliphatic carbocycles. The fraction of sp³-hybridized carbons (Fsp3) is 0.167. The fourth-order valence-corrected chi connectivity index (χ4v) is 0.585. The number of amides is 1. The van der Waals surface area contributed by atoms with Gasteiger partial charge in [-0.2, -0.15) is 4.39 Å². The normalized spacial score (nSPS) is 18.6. The minimum Gasteiger partial charge on any atom is -0.335 e. The van der Waals surface area contributed by atoms with Gasteiger partial charge in [0, 0.05) is 13.2 Å². The topological polar surface area (TPSA) is 32.3 Å². The van der Waals surface area contributed by atoms with E-state index in [1.807, 2.05) is 0 Å². The second-order valence-electron chi connectivity index (χ2n) is 1.99. The lowest BCUT2D eigenvalue weighted by molar-refractivity contribution is -0.119. The van der Waals surface area contributed by atoms with Crippen LogP contribution in [0.4, 0.5) is 4.39 Å². The molecule has 0 unspecified atom stereocenters. The van der Waals surface area contributed by atoms with Crippen LogP contribution in [0.3, 0.4) is 0 Å². The summed E-state index contributed by atoms with van der Waals surface area (Å²) in [5, 5.41) is 2.23. The third-order valence-electron chi connectivity index (χ3n) is 1.21. The number of nitrogens with one attached hydrogen (secondary N) is 1. The summed E-state index contributed by atoms with van der Waals surface area (Å²) in [5.41, 5.74) is 0. The first-order chi connectivity index (χ1) is 4.61. The van der Waals surface area contributed by atoms with Crippen LogP contribution in [0.1, 0.15) is 0 Å². The van der Waals surface area contributed by atoms with Crippen molar-refractivity contribution in [3.8, 4) is 0 Å². The Hall–Kier alpha value is -1.32. The molecular formula is C6H7FN2O. The molecule has 1 amide bonds. The highest BCUT2D eigenvalue weighted by molar-refractivity contribution is 5.93. The van der Waals surface area contributed by atoms with E-state index < -0.39 is 11.7 Å². The lowest BCUT2D eigenvalue weighted by Crippen LogP contribution is -2.34. The predicted molar refractivity (Wildman–Crippen MR) is 34.2 cm³/mol. The third-order valence-corrected chi connectivity index (χ3v) is 1.21. The summed E-state index contributed by atoms with van der Waals surface area (Å²) in [6.45, 7) is 3.46. The SMILES string of the molecule is C=C1NC(=O)C(F)=CN1C. The molecule has 1 rings (SSSR count). The van der Waals surface area contributed by atoms with Crippen molar-refractivity contribution in [1.29, 1.82) is 0 Å². The Balaban J connectivity index is 2.89. The quantitative estimate of drug-likeness (QED) is 0.528. The zero-order valence-corrected chi connectivity index (χ0v) is 5.52. The summed E-state index contributed by atoms with van der Waals surface area (Å²) < 4.78 is 12.4. The highest BCUT2D eigenvalue weighted by atomic mass is 19.1. The van der Waals surface area contributed by atoms with E-state index in [-0.39, 0.29) is 0 Å². The average Bonchev–Trinajstić information content (AvgIpc) is 1.84. The van der Waals surface area contributed by atoms with Gasteiger partial charge in [-0.25, -0.2) is 0 Å². The molecule has 1 aliphatic heterocycles. The second-order valence-corrected chi connectivity index (χ2v) is 1.99. The Morgan fingerprint density at radius 1 is 1.80 bits per heavy atom. The van der Waals surface area contributed by atoms with E-state index in [9.17, 15) is 9.18 Å². The van der Waals surface area contributed by atoms with Crippen LogP contribution in [0.2, 0.25) is 0 Å². The molecule has 0 aromatic rings. The molecule has 0 spiro atoms. The van der Waals surface area contributed by atoms with Crippen molar-refractivity contribution in [1.82, 2.24) is 10.2 Å². The van der Waals surface area contributed by atoms with Crippen molar-refractivity contribution in [2.24, 2.45) is 0 Å². The Bertz CT molecular complexity index is 222. The number of nitrogens with zero attached hydrogens (tertiary/aromatic N) is 1. The van der Waals surface area contributed by atoms with E-state index in [1.165, 1.54) is 4.90 Å². The number of halogens is 1. The van der Waals surface area contributed by atoms with Crippen LogP contribution in [0.5, 0.6) is 0 Å². The maximum Gasteiger partial charge on any atom is 0.287 e. The molecule has 54 valence electrons. The number of carbonyl (C=O) groups is 1. The van der Waals surface area contributed by atoms with Gasteiger partial charge < -0.3 is 10.2 Å². The van der Waals surface area contributed by atoms with Gasteiger partial charge in [-0.1, -0.05) is 6.58 Å². The molecule has 1 aliphatic rings. The standard InChI is InChI=1S/C6H7FN2O/c1-4-8-6(10)5(7)3-9(4)2/h3H,1H2,2H3,(H,8,10). The molecule has 10 heavy (non-hydrogen) atoms. The first-order valence-electron chi connectivity index (χ1n) is 2.71. The largest absolute Gasteiger partial charge is 0.335 e. The van der Waals surface area contributed by atoms with Gasteiger partial charge in [0.1, 0.15) is 5.82 Å². The lowest BCUT2D eigenvalue weighted by Gasteiger charge is -2.21. The number of hydrogen-bond acceptors (Lipinski definition) is 2. The van der Waals surface area contributed by atoms with Gasteiger partial charge in [-0.15, -0.1) is 0 Å². The average molecular weight is 142 g/mol. The van der Waals surface area contributed by atoms with Crippen LogP contribution >= 0.6 is 0 Å². The number of rotatable bonds is 0. The van der Waals surface area contributed by atoms with Crippen molar-refractivity contribution in [3.63, 3.8) is 0 Å². The smallest absolute Gasteiger partial charge is 0.287 e. The highest BCUT2D eigenvalue weighted by Gasteiger charge is 2.17. The van der Waals surface area contributed by atoms with Gasteiger partial charge in [0.25, 0.3) is 5.91 Å². The van der Waals surface area contributed by atoms with Crippen LogP contribution in [-0.4, -0.2) is 17.9 Å². The molecule has 1 N–H and O–H groups in total. The van der Waals surface area contributed by atoms with Crippen molar-refractivity contribution in [2.45, 2.75) is 0 Å². The second kappa shape index (κ2) is 2.13. The van der Waals surface area contributed by atoms with Crippen molar-refractivity contribution in [3.05, 3.63) is 24.4 Å². The van der Waals surface area contributed by atoms with Gasteiger partial charge in [0.2, 0.25) is 5.83 Å². The Morgan fingerprint density at radius 2 is 2.40 bits per heavy atom. The zero-order chi connectivity index (χ0) is 7.72. The molecule has 4 heteroatoms. The minimum absolute atomic E-state index is 0.381. The third kappa shape index (κ3) is 1.00. The minimum atomic E-state index is -0.796. The first kappa shape index (κ1) is 6.80. The van der Waals surface area contributed by atoms with Crippen LogP contribution < -0.4 is 5.32 Å². The molecule has 1 heterocycles. The van der Waals surface area contributed by atoms with Crippen molar-refractivity contribution < 1.29 is 9.18 Å². The maximum atomic E-state index is 12.4. The summed E-state index contributed by atoms with van der Waals surface area (Å²) in [6, 6.07) is 0. The molecule has 0 radical (unpaired) electrons. The summed E-state index contributed by atoms with van der Waals surface area (Å²) in [7, 11) is 1.60. The Kier molecular flexibility index (Phi) is 1.45. The Morgan fingerprint density at radius 3 is 2.90 bits per heavy atom. The summed E-state index contributed by atoms with van der Waals surface area (Å²) >= 11 is 0. The fourth-order valence-electron chi connectivity index (χ4n) is 0.585. The summed E-state index contributed by atoms with van der Waals surface area (Å²) in [4.78, 5) is 11.9. The van der Waals surface area contributed by atoms with Crippen LogP contribution in [0.15, 0.2) is 24.4 Å². The maximum absolute atomic E-state index is 12.4.